The first-order valence-corrected chi connectivity index (χ1v) is 6.46. The van der Waals surface area contributed by atoms with E-state index in [1.54, 1.807) is 43.5 Å². The number of furan rings is 1. The van der Waals surface area contributed by atoms with E-state index in [-0.39, 0.29) is 11.8 Å². The summed E-state index contributed by atoms with van der Waals surface area (Å²) in [6.07, 6.45) is 2.97. The van der Waals surface area contributed by atoms with Crippen LogP contribution in [0.1, 0.15) is 21.9 Å². The summed E-state index contributed by atoms with van der Waals surface area (Å²) >= 11 is 0. The van der Waals surface area contributed by atoms with E-state index in [1.165, 1.54) is 6.08 Å². The highest BCUT2D eigenvalue weighted by Crippen LogP contribution is 2.11. The van der Waals surface area contributed by atoms with Crippen LogP contribution in [0.15, 0.2) is 46.9 Å². The number of rotatable bonds is 4. The minimum absolute atomic E-state index is 0.201. The normalized spacial score (nSPS) is 10.6. The highest BCUT2D eigenvalue weighted by Gasteiger charge is 2.05. The minimum atomic E-state index is -0.293. The van der Waals surface area contributed by atoms with Crippen molar-refractivity contribution < 1.29 is 14.0 Å². The van der Waals surface area contributed by atoms with Crippen molar-refractivity contribution in [3.63, 3.8) is 0 Å². The van der Waals surface area contributed by atoms with Gasteiger partial charge in [0.1, 0.15) is 11.5 Å². The van der Waals surface area contributed by atoms with Crippen LogP contribution in [-0.4, -0.2) is 18.9 Å². The van der Waals surface area contributed by atoms with Crippen molar-refractivity contribution in [2.24, 2.45) is 0 Å². The summed E-state index contributed by atoms with van der Waals surface area (Å²) < 4.78 is 5.33. The molecule has 0 aliphatic heterocycles. The average molecular weight is 284 g/mol. The van der Waals surface area contributed by atoms with E-state index in [4.69, 9.17) is 4.42 Å². The van der Waals surface area contributed by atoms with Crippen molar-refractivity contribution in [3.8, 4) is 0 Å². The Labute approximate surface area is 122 Å². The summed E-state index contributed by atoms with van der Waals surface area (Å²) in [5, 5.41) is 5.22. The van der Waals surface area contributed by atoms with Gasteiger partial charge in [0.15, 0.2) is 0 Å². The van der Waals surface area contributed by atoms with Gasteiger partial charge in [0.2, 0.25) is 5.91 Å². The lowest BCUT2D eigenvalue weighted by Gasteiger charge is -2.04. The van der Waals surface area contributed by atoms with E-state index in [1.807, 2.05) is 13.0 Å². The van der Waals surface area contributed by atoms with Crippen LogP contribution in [0.3, 0.4) is 0 Å². The van der Waals surface area contributed by atoms with Crippen LogP contribution in [0, 0.1) is 6.92 Å². The third-order valence-corrected chi connectivity index (χ3v) is 2.78. The topological polar surface area (TPSA) is 71.3 Å². The zero-order valence-electron chi connectivity index (χ0n) is 11.8. The first-order valence-electron chi connectivity index (χ1n) is 6.46. The van der Waals surface area contributed by atoms with Gasteiger partial charge in [-0.05, 0) is 43.3 Å². The molecule has 0 unspecified atom stereocenters. The van der Waals surface area contributed by atoms with Gasteiger partial charge in [-0.15, -0.1) is 0 Å². The van der Waals surface area contributed by atoms with Crippen LogP contribution in [0.25, 0.3) is 6.08 Å². The van der Waals surface area contributed by atoms with Crippen LogP contribution in [-0.2, 0) is 4.79 Å². The zero-order chi connectivity index (χ0) is 15.2. The van der Waals surface area contributed by atoms with Crippen LogP contribution in [0.2, 0.25) is 0 Å². The highest BCUT2D eigenvalue weighted by atomic mass is 16.3. The Morgan fingerprint density at radius 3 is 2.67 bits per heavy atom. The Morgan fingerprint density at radius 2 is 2.00 bits per heavy atom. The predicted molar refractivity (Wildman–Crippen MR) is 80.9 cm³/mol. The summed E-state index contributed by atoms with van der Waals surface area (Å²) in [6.45, 7) is 1.84. The lowest BCUT2D eigenvalue weighted by Crippen LogP contribution is -2.18. The third-order valence-electron chi connectivity index (χ3n) is 2.78. The number of aryl methyl sites for hydroxylation is 1. The van der Waals surface area contributed by atoms with E-state index in [0.717, 1.165) is 5.76 Å². The van der Waals surface area contributed by atoms with Gasteiger partial charge < -0.3 is 15.1 Å². The second-order valence-electron chi connectivity index (χ2n) is 4.43. The maximum Gasteiger partial charge on any atom is 0.251 e. The van der Waals surface area contributed by atoms with Crippen molar-refractivity contribution in [2.75, 3.05) is 12.4 Å². The predicted octanol–water partition coefficient (Wildman–Crippen LogP) is 2.60. The molecule has 5 nitrogen and oxygen atoms in total. The van der Waals surface area contributed by atoms with Crippen LogP contribution < -0.4 is 10.6 Å². The number of hydrogen-bond acceptors (Lipinski definition) is 3. The van der Waals surface area contributed by atoms with Gasteiger partial charge in [-0.3, -0.25) is 9.59 Å². The summed E-state index contributed by atoms with van der Waals surface area (Å²) in [4.78, 5) is 23.3. The molecule has 1 aromatic heterocycles. The molecule has 108 valence electrons. The van der Waals surface area contributed by atoms with Crippen LogP contribution in [0.4, 0.5) is 5.69 Å². The Balaban J connectivity index is 2.02. The van der Waals surface area contributed by atoms with Crippen LogP contribution >= 0.6 is 0 Å². The van der Waals surface area contributed by atoms with Crippen molar-refractivity contribution >= 4 is 23.6 Å². The molecule has 0 fully saturated rings. The summed E-state index contributed by atoms with van der Waals surface area (Å²) in [7, 11) is 1.56. The molecule has 0 bridgehead atoms. The van der Waals surface area contributed by atoms with Gasteiger partial charge in [-0.1, -0.05) is 6.07 Å². The summed E-state index contributed by atoms with van der Waals surface area (Å²) in [5.41, 5.74) is 1.04. The second kappa shape index (κ2) is 6.56. The maximum atomic E-state index is 11.8. The zero-order valence-corrected chi connectivity index (χ0v) is 11.8. The number of hydrogen-bond donors (Lipinski definition) is 2. The quantitative estimate of drug-likeness (QED) is 0.848. The molecule has 0 saturated carbocycles. The molecular formula is C16H16N2O3. The molecular weight excluding hydrogens is 268 g/mol. The first kappa shape index (κ1) is 14.6. The summed E-state index contributed by atoms with van der Waals surface area (Å²) in [5.74, 6) is 0.904. The van der Waals surface area contributed by atoms with Crippen LogP contribution in [0.5, 0.6) is 0 Å². The molecule has 2 aromatic rings. The molecule has 2 N–H and O–H groups in total. The van der Waals surface area contributed by atoms with Gasteiger partial charge >= 0.3 is 0 Å². The molecule has 1 heterocycles. The Hall–Kier alpha value is -2.82. The Morgan fingerprint density at radius 1 is 1.19 bits per heavy atom. The standard InChI is InChI=1S/C16H16N2O3/c1-11-6-7-14(21-11)8-9-15(19)18-13-5-3-4-12(10-13)16(20)17-2/h3-10H,1-2H3,(H,17,20)(H,18,19)/b9-8+. The largest absolute Gasteiger partial charge is 0.462 e. The fourth-order valence-corrected chi connectivity index (χ4v) is 1.77. The van der Waals surface area contributed by atoms with E-state index >= 15 is 0 Å². The molecule has 0 aliphatic carbocycles. The molecule has 1 aromatic carbocycles. The lowest BCUT2D eigenvalue weighted by molar-refractivity contribution is -0.111. The number of benzene rings is 1. The Kier molecular flexibility index (Phi) is 4.56. The lowest BCUT2D eigenvalue weighted by atomic mass is 10.2. The Bertz CT molecular complexity index is 686. The molecule has 2 rings (SSSR count). The third kappa shape index (κ3) is 4.07. The number of carbonyl (C=O) groups excluding carboxylic acids is 2. The van der Waals surface area contributed by atoms with Gasteiger partial charge in [0.05, 0.1) is 0 Å². The van der Waals surface area contributed by atoms with E-state index in [0.29, 0.717) is 17.0 Å². The molecule has 21 heavy (non-hydrogen) atoms. The second-order valence-corrected chi connectivity index (χ2v) is 4.43. The summed E-state index contributed by atoms with van der Waals surface area (Å²) in [6, 6.07) is 10.3. The number of carbonyl (C=O) groups is 2. The van der Waals surface area contributed by atoms with Gasteiger partial charge in [0.25, 0.3) is 5.91 Å². The smallest absolute Gasteiger partial charge is 0.251 e. The van der Waals surface area contributed by atoms with Crippen molar-refractivity contribution in [2.45, 2.75) is 6.92 Å². The van der Waals surface area contributed by atoms with Gasteiger partial charge in [-0.2, -0.15) is 0 Å². The maximum absolute atomic E-state index is 11.8. The van der Waals surface area contributed by atoms with Crippen molar-refractivity contribution in [1.82, 2.24) is 5.32 Å². The average Bonchev–Trinajstić information content (AvgIpc) is 2.90. The van der Waals surface area contributed by atoms with Crippen molar-refractivity contribution in [3.05, 3.63) is 59.6 Å². The van der Waals surface area contributed by atoms with Gasteiger partial charge in [0, 0.05) is 24.4 Å². The van der Waals surface area contributed by atoms with E-state index in [9.17, 15) is 9.59 Å². The molecule has 5 heteroatoms. The van der Waals surface area contributed by atoms with Crippen molar-refractivity contribution in [1.29, 1.82) is 0 Å². The molecule has 0 saturated heterocycles. The fraction of sp³-hybridized carbons (Fsp3) is 0.125. The van der Waals surface area contributed by atoms with E-state index < -0.39 is 0 Å². The number of nitrogens with one attached hydrogen (secondary N) is 2. The number of anilines is 1. The monoisotopic (exact) mass is 284 g/mol. The molecule has 0 aliphatic rings. The molecule has 0 spiro atoms. The number of amides is 2. The minimum Gasteiger partial charge on any atom is -0.462 e. The van der Waals surface area contributed by atoms with E-state index in [2.05, 4.69) is 10.6 Å². The molecule has 0 atom stereocenters. The molecule has 2 amide bonds. The highest BCUT2D eigenvalue weighted by molar-refractivity contribution is 6.02. The first-order chi connectivity index (χ1) is 10.1. The fourth-order valence-electron chi connectivity index (χ4n) is 1.77. The SMILES string of the molecule is CNC(=O)c1cccc(NC(=O)/C=C/c2ccc(C)o2)c1. The molecule has 0 radical (unpaired) electrons. The van der Waals surface area contributed by atoms with Gasteiger partial charge in [-0.25, -0.2) is 0 Å².